The molecule has 0 aromatic heterocycles. The van der Waals surface area contributed by atoms with E-state index in [0.717, 1.165) is 9.13 Å². The highest BCUT2D eigenvalue weighted by Crippen LogP contribution is 2.33. The van der Waals surface area contributed by atoms with Crippen molar-refractivity contribution in [3.05, 3.63) is 133 Å². The molecule has 0 unspecified atom stereocenters. The average Bonchev–Trinajstić information content (AvgIpc) is 2.88. The van der Waals surface area contributed by atoms with Crippen molar-refractivity contribution in [3.8, 4) is 5.75 Å². The van der Waals surface area contributed by atoms with E-state index in [1.165, 1.54) is 18.3 Å². The van der Waals surface area contributed by atoms with Gasteiger partial charge in [-0.3, -0.25) is 4.79 Å². The van der Waals surface area contributed by atoms with Crippen molar-refractivity contribution < 1.29 is 19.0 Å². The van der Waals surface area contributed by atoms with Crippen LogP contribution in [0.5, 0.6) is 5.75 Å². The Morgan fingerprint density at radius 3 is 2.22 bits per heavy atom. The van der Waals surface area contributed by atoms with Gasteiger partial charge >= 0.3 is 0 Å². The molecule has 4 aromatic rings. The molecule has 0 radical (unpaired) electrons. The number of hydrazone groups is 1. The zero-order valence-electron chi connectivity index (χ0n) is 18.9. The molecule has 4 rings (SSSR count). The van der Waals surface area contributed by atoms with Crippen molar-refractivity contribution in [2.45, 2.75) is 12.2 Å². The monoisotopic (exact) mass is 658 g/mol. The number of amides is 1. The summed E-state index contributed by atoms with van der Waals surface area (Å²) in [6.07, 6.45) is 1.48. The molecular weight excluding hydrogens is 638 g/mol. The zero-order valence-corrected chi connectivity index (χ0v) is 22.6. The Hall–Kier alpha value is -3.08. The Kier molecular flexibility index (Phi) is 8.50. The molecule has 36 heavy (non-hydrogen) atoms. The van der Waals surface area contributed by atoms with Crippen LogP contribution in [0.25, 0.3) is 0 Å². The van der Waals surface area contributed by atoms with E-state index in [4.69, 9.17) is 4.74 Å². The second-order valence-corrected chi connectivity index (χ2v) is 9.89. The maximum atomic E-state index is 13.4. The molecule has 0 aliphatic rings. The van der Waals surface area contributed by atoms with E-state index >= 15 is 0 Å². The van der Waals surface area contributed by atoms with Crippen LogP contribution in [-0.4, -0.2) is 17.2 Å². The first-order valence-corrected chi connectivity index (χ1v) is 12.8. The predicted octanol–water partition coefficient (Wildman–Crippen LogP) is 6.16. The van der Waals surface area contributed by atoms with Crippen LogP contribution in [0.15, 0.2) is 107 Å². The van der Waals surface area contributed by atoms with Gasteiger partial charge in [-0.15, -0.1) is 0 Å². The van der Waals surface area contributed by atoms with Gasteiger partial charge < -0.3 is 9.84 Å². The van der Waals surface area contributed by atoms with E-state index in [9.17, 15) is 14.3 Å². The second-order valence-electron chi connectivity index (χ2n) is 7.87. The van der Waals surface area contributed by atoms with Gasteiger partial charge in [0.1, 0.15) is 18.2 Å². The minimum atomic E-state index is -1.91. The lowest BCUT2D eigenvalue weighted by molar-refractivity contribution is -0.136. The fourth-order valence-corrected chi connectivity index (χ4v) is 5.38. The Balaban J connectivity index is 1.49. The Morgan fingerprint density at radius 1 is 1.00 bits per heavy atom. The van der Waals surface area contributed by atoms with Gasteiger partial charge in [0.05, 0.1) is 14.3 Å². The lowest BCUT2D eigenvalue weighted by Crippen LogP contribution is -2.43. The van der Waals surface area contributed by atoms with Crippen molar-refractivity contribution in [3.63, 3.8) is 0 Å². The molecule has 0 heterocycles. The fourth-order valence-electron chi connectivity index (χ4n) is 3.61. The number of ether oxygens (including phenoxy) is 1. The molecule has 0 saturated heterocycles. The zero-order chi connectivity index (χ0) is 25.5. The van der Waals surface area contributed by atoms with E-state index in [2.05, 4.69) is 49.0 Å². The number of hydrogen-bond acceptors (Lipinski definition) is 4. The van der Waals surface area contributed by atoms with Crippen LogP contribution in [0.1, 0.15) is 22.3 Å². The van der Waals surface area contributed by atoms with Crippen LogP contribution < -0.4 is 10.2 Å². The number of benzene rings is 4. The van der Waals surface area contributed by atoms with Crippen LogP contribution in [-0.2, 0) is 17.0 Å². The highest BCUT2D eigenvalue weighted by molar-refractivity contribution is 14.1. The van der Waals surface area contributed by atoms with Crippen molar-refractivity contribution in [2.24, 2.45) is 5.10 Å². The number of carbonyl (C=O) groups is 1. The largest absolute Gasteiger partial charge is 0.487 e. The topological polar surface area (TPSA) is 70.9 Å². The number of nitrogens with zero attached hydrogens (tertiary/aromatic N) is 1. The molecular formula is C28H21BrFIN2O3. The van der Waals surface area contributed by atoms with E-state index in [1.54, 1.807) is 66.7 Å². The standard InChI is InChI=1S/C28H21BrFIN2O3/c29-24-15-20(16-25(31)26(24)36-18-19-8-7-13-23(30)14-19)17-32-33-27(34)28(35,21-9-3-1-4-10-21)22-11-5-2-6-12-22/h1-17,35H,18H2,(H,33,34)/b32-17+. The third kappa shape index (κ3) is 6.00. The smallest absolute Gasteiger partial charge is 0.281 e. The molecule has 0 aliphatic heterocycles. The van der Waals surface area contributed by atoms with Crippen molar-refractivity contribution in [2.75, 3.05) is 0 Å². The summed E-state index contributed by atoms with van der Waals surface area (Å²) in [5.41, 5.74) is 2.84. The maximum Gasteiger partial charge on any atom is 0.281 e. The average molecular weight is 659 g/mol. The first-order valence-electron chi connectivity index (χ1n) is 10.9. The van der Waals surface area contributed by atoms with Crippen LogP contribution in [0.3, 0.4) is 0 Å². The van der Waals surface area contributed by atoms with Gasteiger partial charge in [-0.1, -0.05) is 72.8 Å². The lowest BCUT2D eigenvalue weighted by Gasteiger charge is -2.27. The number of halogens is 3. The molecule has 1 amide bonds. The Bertz CT molecular complexity index is 1320. The van der Waals surface area contributed by atoms with E-state index in [0.29, 0.717) is 26.9 Å². The van der Waals surface area contributed by atoms with Gasteiger partial charge in [0.25, 0.3) is 5.91 Å². The molecule has 2 N–H and O–H groups in total. The van der Waals surface area contributed by atoms with Crippen LogP contribution in [0.4, 0.5) is 4.39 Å². The molecule has 5 nitrogen and oxygen atoms in total. The number of hydrogen-bond donors (Lipinski definition) is 2. The van der Waals surface area contributed by atoms with Crippen molar-refractivity contribution >= 4 is 50.6 Å². The van der Waals surface area contributed by atoms with Gasteiger partial charge in [0, 0.05) is 0 Å². The molecule has 0 bridgehead atoms. The highest BCUT2D eigenvalue weighted by atomic mass is 127. The van der Waals surface area contributed by atoms with Crippen LogP contribution in [0.2, 0.25) is 0 Å². The fraction of sp³-hybridized carbons (Fsp3) is 0.0714. The molecule has 0 atom stereocenters. The molecule has 0 aliphatic carbocycles. The quantitative estimate of drug-likeness (QED) is 0.135. The summed E-state index contributed by atoms with van der Waals surface area (Å²) in [4.78, 5) is 13.2. The Morgan fingerprint density at radius 2 is 1.64 bits per heavy atom. The van der Waals surface area contributed by atoms with Crippen LogP contribution in [0, 0.1) is 9.39 Å². The van der Waals surface area contributed by atoms with Crippen molar-refractivity contribution in [1.82, 2.24) is 5.43 Å². The van der Waals surface area contributed by atoms with Gasteiger partial charge in [0.15, 0.2) is 5.60 Å². The molecule has 0 saturated carbocycles. The normalized spacial score (nSPS) is 11.4. The molecule has 0 fully saturated rings. The minimum absolute atomic E-state index is 0.216. The van der Waals surface area contributed by atoms with Crippen molar-refractivity contribution in [1.29, 1.82) is 0 Å². The number of nitrogens with one attached hydrogen (secondary N) is 1. The van der Waals surface area contributed by atoms with Crippen LogP contribution >= 0.6 is 38.5 Å². The Labute approximate surface area is 230 Å². The molecule has 0 spiro atoms. The first kappa shape index (κ1) is 26.0. The van der Waals surface area contributed by atoms with Gasteiger partial charge in [-0.25, -0.2) is 9.82 Å². The predicted molar refractivity (Wildman–Crippen MR) is 149 cm³/mol. The van der Waals surface area contributed by atoms with Gasteiger partial charge in [-0.05, 0) is 85.0 Å². The number of aliphatic hydroxyl groups is 1. The van der Waals surface area contributed by atoms with Gasteiger partial charge in [0.2, 0.25) is 0 Å². The summed E-state index contributed by atoms with van der Waals surface area (Å²) in [7, 11) is 0. The molecule has 8 heteroatoms. The van der Waals surface area contributed by atoms with E-state index in [-0.39, 0.29) is 12.4 Å². The highest BCUT2D eigenvalue weighted by Gasteiger charge is 2.39. The van der Waals surface area contributed by atoms with Gasteiger partial charge in [-0.2, -0.15) is 5.10 Å². The molecule has 182 valence electrons. The SMILES string of the molecule is O=C(N/N=C/c1cc(Br)c(OCc2cccc(F)c2)c(I)c1)C(O)(c1ccccc1)c1ccccc1. The summed E-state index contributed by atoms with van der Waals surface area (Å²) in [5.74, 6) is -0.381. The van der Waals surface area contributed by atoms with E-state index < -0.39 is 11.5 Å². The minimum Gasteiger partial charge on any atom is -0.487 e. The third-order valence-electron chi connectivity index (χ3n) is 5.38. The summed E-state index contributed by atoms with van der Waals surface area (Å²) in [6, 6.07) is 27.3. The second kappa shape index (κ2) is 11.8. The summed E-state index contributed by atoms with van der Waals surface area (Å²) in [5, 5.41) is 15.6. The lowest BCUT2D eigenvalue weighted by atomic mass is 9.85. The summed E-state index contributed by atoms with van der Waals surface area (Å²) < 4.78 is 20.8. The maximum absolute atomic E-state index is 13.4. The third-order valence-corrected chi connectivity index (χ3v) is 6.77. The summed E-state index contributed by atoms with van der Waals surface area (Å²) >= 11 is 5.64. The molecule has 4 aromatic carbocycles. The van der Waals surface area contributed by atoms with E-state index in [1.807, 2.05) is 18.2 Å². The number of rotatable bonds is 8. The first-order chi connectivity index (χ1) is 17.4. The number of carbonyl (C=O) groups excluding carboxylic acids is 1. The summed E-state index contributed by atoms with van der Waals surface area (Å²) in [6.45, 7) is 0.216.